The van der Waals surface area contributed by atoms with Gasteiger partial charge in [0, 0.05) is 6.08 Å². The standard InChI is InChI=1S/C11H12F2O3S/c1-9-4-6-10(7-5-9)17(14,15)16-8-2-3-11(12)13/h3-4,6,8,11H,5,7H2,1H3. The van der Waals surface area contributed by atoms with Crippen LogP contribution in [0.4, 0.5) is 8.78 Å². The quantitative estimate of drug-likeness (QED) is 0.444. The van der Waals surface area contributed by atoms with Crippen molar-refractivity contribution in [1.82, 2.24) is 0 Å². The van der Waals surface area contributed by atoms with Crippen molar-refractivity contribution in [2.45, 2.75) is 26.2 Å². The van der Waals surface area contributed by atoms with Gasteiger partial charge in [0.1, 0.15) is 6.26 Å². The van der Waals surface area contributed by atoms with Gasteiger partial charge in [-0.05, 0) is 25.8 Å². The average molecular weight is 262 g/mol. The second-order valence-electron chi connectivity index (χ2n) is 3.48. The molecule has 0 aromatic heterocycles. The van der Waals surface area contributed by atoms with Gasteiger partial charge in [-0.3, -0.25) is 0 Å². The lowest BCUT2D eigenvalue weighted by Crippen LogP contribution is -2.07. The highest BCUT2D eigenvalue weighted by molar-refractivity contribution is 7.90. The third kappa shape index (κ3) is 4.54. The molecule has 0 radical (unpaired) electrons. The van der Waals surface area contributed by atoms with Gasteiger partial charge in [0.15, 0.2) is 0 Å². The molecule has 0 amide bonds. The van der Waals surface area contributed by atoms with Crippen LogP contribution in [0.1, 0.15) is 19.8 Å². The molecule has 6 heteroatoms. The normalized spacial score (nSPS) is 15.8. The Hall–Kier alpha value is -1.39. The summed E-state index contributed by atoms with van der Waals surface area (Å²) in [6.07, 6.45) is 2.50. The largest absolute Gasteiger partial charge is 0.379 e. The number of allylic oxidation sites excluding steroid dienone is 5. The van der Waals surface area contributed by atoms with E-state index >= 15 is 0 Å². The molecule has 0 fully saturated rings. The lowest BCUT2D eigenvalue weighted by Gasteiger charge is -2.10. The lowest BCUT2D eigenvalue weighted by atomic mass is 10.1. The summed E-state index contributed by atoms with van der Waals surface area (Å²) in [6, 6.07) is 0. The number of hydrogen-bond acceptors (Lipinski definition) is 3. The minimum absolute atomic E-state index is 0.137. The first-order valence-corrected chi connectivity index (χ1v) is 6.31. The maximum Gasteiger partial charge on any atom is 0.335 e. The molecule has 0 saturated heterocycles. The van der Waals surface area contributed by atoms with Crippen LogP contribution >= 0.6 is 0 Å². The molecule has 0 unspecified atom stereocenters. The van der Waals surface area contributed by atoms with Crippen LogP contribution < -0.4 is 0 Å². The van der Waals surface area contributed by atoms with Gasteiger partial charge >= 0.3 is 10.1 Å². The fraction of sp³-hybridized carbons (Fsp3) is 0.364. The van der Waals surface area contributed by atoms with E-state index in [2.05, 4.69) is 4.18 Å². The van der Waals surface area contributed by atoms with Crippen molar-refractivity contribution >= 4 is 10.1 Å². The van der Waals surface area contributed by atoms with Crippen LogP contribution in [0.5, 0.6) is 0 Å². The van der Waals surface area contributed by atoms with Gasteiger partial charge in [-0.2, -0.15) is 8.42 Å². The van der Waals surface area contributed by atoms with E-state index in [1.54, 1.807) is 6.08 Å². The Morgan fingerprint density at radius 2 is 2.12 bits per heavy atom. The number of hydrogen-bond donors (Lipinski definition) is 0. The van der Waals surface area contributed by atoms with E-state index in [0.717, 1.165) is 5.57 Å². The van der Waals surface area contributed by atoms with Gasteiger partial charge in [-0.1, -0.05) is 17.4 Å². The second-order valence-corrected chi connectivity index (χ2v) is 5.11. The van der Waals surface area contributed by atoms with Crippen molar-refractivity contribution < 1.29 is 21.4 Å². The van der Waals surface area contributed by atoms with E-state index in [9.17, 15) is 17.2 Å². The molecule has 0 aromatic rings. The van der Waals surface area contributed by atoms with Gasteiger partial charge in [-0.15, -0.1) is 0 Å². The molecule has 17 heavy (non-hydrogen) atoms. The summed E-state index contributed by atoms with van der Waals surface area (Å²) >= 11 is 0. The number of rotatable bonds is 4. The maximum absolute atomic E-state index is 11.7. The van der Waals surface area contributed by atoms with E-state index in [-0.39, 0.29) is 4.91 Å². The third-order valence-electron chi connectivity index (χ3n) is 2.11. The summed E-state index contributed by atoms with van der Waals surface area (Å²) < 4.78 is 50.9. The van der Waals surface area contributed by atoms with Crippen LogP contribution in [-0.2, 0) is 14.3 Å². The summed E-state index contributed by atoms with van der Waals surface area (Å²) in [5.74, 6) is 0. The molecule has 0 spiro atoms. The van der Waals surface area contributed by atoms with Crippen molar-refractivity contribution in [2.75, 3.05) is 0 Å². The summed E-state index contributed by atoms with van der Waals surface area (Å²) in [6.45, 7) is 1.89. The number of halogens is 2. The summed E-state index contributed by atoms with van der Waals surface area (Å²) in [7, 11) is -3.87. The third-order valence-corrected chi connectivity index (χ3v) is 3.44. The minimum Gasteiger partial charge on any atom is -0.379 e. The lowest BCUT2D eigenvalue weighted by molar-refractivity contribution is 0.204. The van der Waals surface area contributed by atoms with Crippen LogP contribution in [0.3, 0.4) is 0 Å². The highest BCUT2D eigenvalue weighted by Gasteiger charge is 2.19. The Labute approximate surface area is 98.9 Å². The molecule has 0 bridgehead atoms. The average Bonchev–Trinajstić information content (AvgIpc) is 2.25. The SMILES string of the molecule is CC1=CC=C(S(=O)(=O)OC=C=CC(F)F)CC1. The van der Waals surface area contributed by atoms with Gasteiger partial charge < -0.3 is 4.18 Å². The maximum atomic E-state index is 11.7. The fourth-order valence-electron chi connectivity index (χ4n) is 1.20. The molecule has 1 aliphatic rings. The molecule has 0 saturated carbocycles. The molecule has 0 atom stereocenters. The molecule has 1 rings (SSSR count). The summed E-state index contributed by atoms with van der Waals surface area (Å²) in [5.41, 5.74) is 3.03. The van der Waals surface area contributed by atoms with Gasteiger partial charge in [0.25, 0.3) is 6.43 Å². The smallest absolute Gasteiger partial charge is 0.335 e. The predicted molar refractivity (Wildman–Crippen MR) is 59.7 cm³/mol. The topological polar surface area (TPSA) is 43.4 Å². The van der Waals surface area contributed by atoms with E-state index in [1.165, 1.54) is 6.08 Å². The highest BCUT2D eigenvalue weighted by atomic mass is 32.2. The second kappa shape index (κ2) is 5.80. The van der Waals surface area contributed by atoms with Gasteiger partial charge in [0.2, 0.25) is 0 Å². The Balaban J connectivity index is 2.74. The fourth-order valence-corrected chi connectivity index (χ4v) is 2.09. The Morgan fingerprint density at radius 3 is 2.65 bits per heavy atom. The Morgan fingerprint density at radius 1 is 1.41 bits per heavy atom. The van der Waals surface area contributed by atoms with Crippen LogP contribution in [0.2, 0.25) is 0 Å². The molecule has 1 aliphatic carbocycles. The van der Waals surface area contributed by atoms with Crippen LogP contribution in [-0.4, -0.2) is 14.8 Å². The molecule has 0 N–H and O–H groups in total. The predicted octanol–water partition coefficient (Wildman–Crippen LogP) is 2.89. The Kier molecular flexibility index (Phi) is 4.66. The number of alkyl halides is 2. The van der Waals surface area contributed by atoms with E-state index in [0.29, 0.717) is 25.2 Å². The zero-order valence-corrected chi connectivity index (χ0v) is 10.0. The van der Waals surface area contributed by atoms with E-state index in [4.69, 9.17) is 0 Å². The molecule has 0 aromatic carbocycles. The van der Waals surface area contributed by atoms with Crippen molar-refractivity contribution in [2.24, 2.45) is 0 Å². The molecular formula is C11H12F2O3S. The first-order chi connectivity index (χ1) is 7.92. The van der Waals surface area contributed by atoms with Crippen molar-refractivity contribution in [1.29, 1.82) is 0 Å². The monoisotopic (exact) mass is 262 g/mol. The molecular weight excluding hydrogens is 250 g/mol. The minimum atomic E-state index is -3.87. The van der Waals surface area contributed by atoms with Crippen LogP contribution in [0.25, 0.3) is 0 Å². The van der Waals surface area contributed by atoms with E-state index in [1.807, 2.05) is 12.7 Å². The Bertz CT molecular complexity index is 495. The zero-order valence-electron chi connectivity index (χ0n) is 9.19. The van der Waals surface area contributed by atoms with Crippen molar-refractivity contribution in [3.63, 3.8) is 0 Å². The molecule has 0 aliphatic heterocycles. The van der Waals surface area contributed by atoms with E-state index < -0.39 is 16.5 Å². The van der Waals surface area contributed by atoms with Gasteiger partial charge in [-0.25, -0.2) is 8.78 Å². The molecule has 0 heterocycles. The highest BCUT2D eigenvalue weighted by Crippen LogP contribution is 2.23. The molecule has 94 valence electrons. The first-order valence-electron chi connectivity index (χ1n) is 4.90. The van der Waals surface area contributed by atoms with Crippen LogP contribution in [0, 0.1) is 0 Å². The van der Waals surface area contributed by atoms with Crippen LogP contribution in [0.15, 0.2) is 40.7 Å². The zero-order chi connectivity index (χ0) is 12.9. The van der Waals surface area contributed by atoms with Crippen molar-refractivity contribution in [3.8, 4) is 0 Å². The summed E-state index contributed by atoms with van der Waals surface area (Å²) in [5, 5.41) is 0. The first kappa shape index (κ1) is 13.7. The summed E-state index contributed by atoms with van der Waals surface area (Å²) in [4.78, 5) is 0.137. The molecule has 3 nitrogen and oxygen atoms in total. The van der Waals surface area contributed by atoms with Gasteiger partial charge in [0.05, 0.1) is 4.91 Å². The van der Waals surface area contributed by atoms with Crippen molar-refractivity contribution in [3.05, 3.63) is 40.7 Å².